The first-order valence-electron chi connectivity index (χ1n) is 8.64. The van der Waals surface area contributed by atoms with E-state index in [1.807, 2.05) is 18.2 Å². The monoisotopic (exact) mass is 368 g/mol. The van der Waals surface area contributed by atoms with Crippen LogP contribution in [0.25, 0.3) is 0 Å². The number of amides is 1. The fourth-order valence-electron chi connectivity index (χ4n) is 3.24. The van der Waals surface area contributed by atoms with Crippen molar-refractivity contribution in [3.63, 3.8) is 0 Å². The van der Waals surface area contributed by atoms with Crippen LogP contribution in [0.1, 0.15) is 24.8 Å². The number of para-hydroxylation sites is 1. The Morgan fingerprint density at radius 1 is 1.32 bits per heavy atom. The molecule has 140 valence electrons. The number of hydrogen-bond donors (Lipinski definition) is 1. The molecule has 0 aliphatic carbocycles. The number of methoxy groups -OCH3 is 1. The highest BCUT2D eigenvalue weighted by molar-refractivity contribution is 7.90. The minimum Gasteiger partial charge on any atom is -0.496 e. The van der Waals surface area contributed by atoms with Gasteiger partial charge in [0.05, 0.1) is 18.9 Å². The van der Waals surface area contributed by atoms with Gasteiger partial charge in [-0.3, -0.25) is 4.79 Å². The molecule has 1 aliphatic rings. The van der Waals surface area contributed by atoms with E-state index >= 15 is 0 Å². The number of nitrogens with zero attached hydrogens (tertiary/aromatic N) is 1. The number of sulfone groups is 1. The second-order valence-electron chi connectivity index (χ2n) is 6.81. The summed E-state index contributed by atoms with van der Waals surface area (Å²) in [5.41, 5.74) is 7.07. The summed E-state index contributed by atoms with van der Waals surface area (Å²) < 4.78 is 27.8. The van der Waals surface area contributed by atoms with Gasteiger partial charge >= 0.3 is 0 Å². The van der Waals surface area contributed by atoms with Gasteiger partial charge in [0.25, 0.3) is 0 Å². The molecule has 1 atom stereocenters. The van der Waals surface area contributed by atoms with Crippen molar-refractivity contribution in [2.24, 2.45) is 11.7 Å². The molecule has 1 aromatic rings. The minimum absolute atomic E-state index is 0.0514. The molecule has 0 saturated carbocycles. The largest absolute Gasteiger partial charge is 0.496 e. The third-order valence-corrected chi connectivity index (χ3v) is 5.72. The molecule has 1 unspecified atom stereocenters. The van der Waals surface area contributed by atoms with E-state index in [1.54, 1.807) is 12.0 Å². The molecular formula is C18H28N2O4S. The summed E-state index contributed by atoms with van der Waals surface area (Å²) in [5.74, 6) is 1.22. The van der Waals surface area contributed by atoms with Crippen molar-refractivity contribution in [2.75, 3.05) is 32.2 Å². The van der Waals surface area contributed by atoms with Crippen LogP contribution < -0.4 is 10.5 Å². The average molecular weight is 368 g/mol. The zero-order chi connectivity index (χ0) is 18.4. The molecule has 2 rings (SSSR count). The Bertz CT molecular complexity index is 682. The Labute approximate surface area is 150 Å². The molecule has 0 aromatic heterocycles. The number of nitrogens with two attached hydrogens (primary N) is 1. The molecular weight excluding hydrogens is 340 g/mol. The summed E-state index contributed by atoms with van der Waals surface area (Å²) >= 11 is 0. The highest BCUT2D eigenvalue weighted by atomic mass is 32.2. The molecule has 1 amide bonds. The van der Waals surface area contributed by atoms with Crippen molar-refractivity contribution in [3.8, 4) is 5.75 Å². The summed E-state index contributed by atoms with van der Waals surface area (Å²) in [6.45, 7) is 1.34. The van der Waals surface area contributed by atoms with Crippen LogP contribution in [-0.2, 0) is 21.1 Å². The number of piperidine rings is 1. The highest BCUT2D eigenvalue weighted by Crippen LogP contribution is 2.26. The lowest BCUT2D eigenvalue weighted by atomic mass is 9.89. The van der Waals surface area contributed by atoms with Gasteiger partial charge in [-0.05, 0) is 43.2 Å². The van der Waals surface area contributed by atoms with Gasteiger partial charge in [-0.2, -0.15) is 0 Å². The second-order valence-corrected chi connectivity index (χ2v) is 9.07. The van der Waals surface area contributed by atoms with E-state index in [0.29, 0.717) is 19.0 Å². The van der Waals surface area contributed by atoms with E-state index in [9.17, 15) is 13.2 Å². The summed E-state index contributed by atoms with van der Waals surface area (Å²) in [6, 6.07) is 7.28. The highest BCUT2D eigenvalue weighted by Gasteiger charge is 2.27. The predicted molar refractivity (Wildman–Crippen MR) is 98.3 cm³/mol. The molecule has 0 radical (unpaired) electrons. The summed E-state index contributed by atoms with van der Waals surface area (Å²) in [6.07, 6.45) is 4.11. The molecule has 2 N–H and O–H groups in total. The zero-order valence-corrected chi connectivity index (χ0v) is 15.8. The van der Waals surface area contributed by atoms with Crippen molar-refractivity contribution in [2.45, 2.75) is 31.7 Å². The Morgan fingerprint density at radius 3 is 2.56 bits per heavy atom. The van der Waals surface area contributed by atoms with Gasteiger partial charge in [-0.15, -0.1) is 0 Å². The number of rotatable bonds is 7. The number of hydrogen-bond acceptors (Lipinski definition) is 5. The first-order chi connectivity index (χ1) is 11.8. The van der Waals surface area contributed by atoms with Crippen LogP contribution in [0.2, 0.25) is 0 Å². The Morgan fingerprint density at radius 2 is 1.96 bits per heavy atom. The van der Waals surface area contributed by atoms with Gasteiger partial charge in [0.1, 0.15) is 15.6 Å². The smallest absolute Gasteiger partial charge is 0.239 e. The maximum absolute atomic E-state index is 12.4. The van der Waals surface area contributed by atoms with Gasteiger partial charge in [-0.25, -0.2) is 8.42 Å². The first-order valence-corrected chi connectivity index (χ1v) is 10.7. The zero-order valence-electron chi connectivity index (χ0n) is 15.0. The lowest BCUT2D eigenvalue weighted by Crippen LogP contribution is -2.47. The molecule has 6 nitrogen and oxygen atoms in total. The Balaban J connectivity index is 1.83. The molecule has 1 saturated heterocycles. The SMILES string of the molecule is COc1ccccc1CC1CCN(C(=O)C(N)CCS(C)(=O)=O)CC1. The topological polar surface area (TPSA) is 89.7 Å². The number of benzene rings is 1. The van der Waals surface area contributed by atoms with Gasteiger partial charge in [0.15, 0.2) is 0 Å². The van der Waals surface area contributed by atoms with Gasteiger partial charge in [0, 0.05) is 19.3 Å². The quantitative estimate of drug-likeness (QED) is 0.782. The summed E-state index contributed by atoms with van der Waals surface area (Å²) in [5, 5.41) is 0. The van der Waals surface area contributed by atoms with E-state index in [1.165, 1.54) is 5.56 Å². The molecule has 1 fully saturated rings. The maximum atomic E-state index is 12.4. The van der Waals surface area contributed by atoms with Gasteiger partial charge < -0.3 is 15.4 Å². The van der Waals surface area contributed by atoms with Gasteiger partial charge in [-0.1, -0.05) is 18.2 Å². The van der Waals surface area contributed by atoms with E-state index in [0.717, 1.165) is 31.3 Å². The summed E-state index contributed by atoms with van der Waals surface area (Å²) in [7, 11) is -1.42. The normalized spacial score (nSPS) is 17.3. The average Bonchev–Trinajstić information content (AvgIpc) is 2.59. The number of ether oxygens (including phenoxy) is 1. The van der Waals surface area contributed by atoms with Crippen LogP contribution in [0.3, 0.4) is 0 Å². The molecule has 1 aliphatic heterocycles. The molecule has 1 heterocycles. The van der Waals surface area contributed by atoms with Crippen LogP contribution in [0.4, 0.5) is 0 Å². The molecule has 0 spiro atoms. The molecule has 7 heteroatoms. The van der Waals surface area contributed by atoms with Crippen molar-refractivity contribution >= 4 is 15.7 Å². The van der Waals surface area contributed by atoms with Crippen molar-refractivity contribution in [3.05, 3.63) is 29.8 Å². The lowest BCUT2D eigenvalue weighted by Gasteiger charge is -2.33. The third kappa shape index (κ3) is 6.01. The van der Waals surface area contributed by atoms with E-state index in [4.69, 9.17) is 10.5 Å². The standard InChI is InChI=1S/C18H28N2O4S/c1-24-17-6-4-3-5-15(17)13-14-7-10-20(11-8-14)18(21)16(19)9-12-25(2,22)23/h3-6,14,16H,7-13,19H2,1-2H3. The number of likely N-dealkylation sites (tertiary alicyclic amines) is 1. The molecule has 0 bridgehead atoms. The minimum atomic E-state index is -3.10. The van der Waals surface area contributed by atoms with Crippen molar-refractivity contribution in [1.29, 1.82) is 0 Å². The van der Waals surface area contributed by atoms with Gasteiger partial charge in [0.2, 0.25) is 5.91 Å². The fourth-order valence-corrected chi connectivity index (χ4v) is 3.92. The van der Waals surface area contributed by atoms with Crippen LogP contribution in [-0.4, -0.2) is 57.5 Å². The predicted octanol–water partition coefficient (Wildman–Crippen LogP) is 1.24. The molecule has 25 heavy (non-hydrogen) atoms. The second kappa shape index (κ2) is 8.67. The fraction of sp³-hybridized carbons (Fsp3) is 0.611. The van der Waals surface area contributed by atoms with Crippen LogP contribution in [0.5, 0.6) is 5.75 Å². The van der Waals surface area contributed by atoms with E-state index < -0.39 is 15.9 Å². The number of carbonyl (C=O) groups excluding carboxylic acids is 1. The number of carbonyl (C=O) groups is 1. The molecule has 1 aromatic carbocycles. The summed E-state index contributed by atoms with van der Waals surface area (Å²) in [4.78, 5) is 14.1. The van der Waals surface area contributed by atoms with Crippen LogP contribution >= 0.6 is 0 Å². The van der Waals surface area contributed by atoms with Crippen molar-refractivity contribution < 1.29 is 17.9 Å². The van der Waals surface area contributed by atoms with Crippen molar-refractivity contribution in [1.82, 2.24) is 4.90 Å². The van der Waals surface area contributed by atoms with Crippen LogP contribution in [0, 0.1) is 5.92 Å². The third-order valence-electron chi connectivity index (χ3n) is 4.74. The Kier molecular flexibility index (Phi) is 6.84. The van der Waals surface area contributed by atoms with E-state index in [-0.39, 0.29) is 18.1 Å². The van der Waals surface area contributed by atoms with E-state index in [2.05, 4.69) is 6.07 Å². The Hall–Kier alpha value is -1.60. The lowest BCUT2D eigenvalue weighted by molar-refractivity contribution is -0.134. The first kappa shape index (κ1) is 19.7. The van der Waals surface area contributed by atoms with Crippen LogP contribution in [0.15, 0.2) is 24.3 Å². The maximum Gasteiger partial charge on any atom is 0.239 e.